The van der Waals surface area contributed by atoms with Gasteiger partial charge in [-0.05, 0) is 67.6 Å². The minimum Gasteiger partial charge on any atom is -0.308 e. The van der Waals surface area contributed by atoms with Gasteiger partial charge >= 0.3 is 0 Å². The van der Waals surface area contributed by atoms with E-state index in [1.54, 1.807) is 4.90 Å². The van der Waals surface area contributed by atoms with Crippen LogP contribution in [0.25, 0.3) is 0 Å². The van der Waals surface area contributed by atoms with Crippen molar-refractivity contribution >= 4 is 6.41 Å². The molecule has 1 amide bonds. The Morgan fingerprint density at radius 2 is 1.91 bits per heavy atom. The highest BCUT2D eigenvalue weighted by molar-refractivity contribution is 5.57. The summed E-state index contributed by atoms with van der Waals surface area (Å²) in [6, 6.07) is 10.4. The van der Waals surface area contributed by atoms with E-state index in [4.69, 9.17) is 0 Å². The van der Waals surface area contributed by atoms with Crippen molar-refractivity contribution in [1.29, 1.82) is 0 Å². The molecule has 118 valence electrons. The van der Waals surface area contributed by atoms with Crippen LogP contribution in [0.2, 0.25) is 0 Å². The van der Waals surface area contributed by atoms with E-state index in [9.17, 15) is 4.79 Å². The summed E-state index contributed by atoms with van der Waals surface area (Å²) in [6.45, 7) is 0.783. The lowest BCUT2D eigenvalue weighted by Gasteiger charge is -2.26. The molecule has 1 aromatic rings. The third kappa shape index (κ3) is 4.13. The van der Waals surface area contributed by atoms with Crippen molar-refractivity contribution in [3.8, 4) is 11.8 Å². The normalized spacial score (nSPS) is 18.1. The summed E-state index contributed by atoms with van der Waals surface area (Å²) in [7, 11) is 0. The first-order chi connectivity index (χ1) is 11.4. The maximum absolute atomic E-state index is 11.4. The summed E-state index contributed by atoms with van der Waals surface area (Å²) in [5.74, 6) is 6.64. The van der Waals surface area contributed by atoms with Gasteiger partial charge in [0.25, 0.3) is 0 Å². The monoisotopic (exact) mass is 305 g/mol. The Labute approximate surface area is 138 Å². The zero-order valence-electron chi connectivity index (χ0n) is 13.6. The molecule has 2 heteroatoms. The third-order valence-electron chi connectivity index (χ3n) is 4.52. The molecule has 0 radical (unpaired) electrons. The second-order valence-corrected chi connectivity index (χ2v) is 6.24. The van der Waals surface area contributed by atoms with Gasteiger partial charge in [-0.15, -0.1) is 0 Å². The van der Waals surface area contributed by atoms with E-state index in [2.05, 4.69) is 42.2 Å². The van der Waals surface area contributed by atoms with Crippen LogP contribution < -0.4 is 0 Å². The topological polar surface area (TPSA) is 20.3 Å². The molecular formula is C21H23NO. The van der Waals surface area contributed by atoms with Crippen LogP contribution in [0.3, 0.4) is 0 Å². The first-order valence-corrected chi connectivity index (χ1v) is 8.56. The molecule has 2 aliphatic rings. The zero-order valence-corrected chi connectivity index (χ0v) is 13.6. The summed E-state index contributed by atoms with van der Waals surface area (Å²) in [5, 5.41) is 0. The summed E-state index contributed by atoms with van der Waals surface area (Å²) in [6.07, 6.45) is 10.8. The summed E-state index contributed by atoms with van der Waals surface area (Å²) < 4.78 is 0. The molecule has 0 unspecified atom stereocenters. The Morgan fingerprint density at radius 1 is 1.04 bits per heavy atom. The molecule has 2 nitrogen and oxygen atoms in total. The molecule has 3 rings (SSSR count). The van der Waals surface area contributed by atoms with Crippen LogP contribution >= 0.6 is 0 Å². The van der Waals surface area contributed by atoms with Gasteiger partial charge in [-0.1, -0.05) is 42.3 Å². The fourth-order valence-corrected chi connectivity index (χ4v) is 3.27. The molecule has 0 saturated carbocycles. The molecule has 0 N–H and O–H groups in total. The molecule has 0 spiro atoms. The second kappa shape index (κ2) is 7.83. The van der Waals surface area contributed by atoms with Crippen LogP contribution in [-0.4, -0.2) is 17.9 Å². The molecule has 1 aromatic carbocycles. The van der Waals surface area contributed by atoms with Crippen molar-refractivity contribution in [3.63, 3.8) is 0 Å². The van der Waals surface area contributed by atoms with Gasteiger partial charge in [-0.25, -0.2) is 0 Å². The van der Waals surface area contributed by atoms with Gasteiger partial charge < -0.3 is 4.90 Å². The molecule has 23 heavy (non-hydrogen) atoms. The predicted octanol–water partition coefficient (Wildman–Crippen LogP) is 4.24. The standard InChI is InChI=1S/C21H23NO/c23-17-22-15-7-12-20(16-19-10-5-2-6-11-19)21(22)14-13-18-8-3-1-4-9-18/h2,5-6,8,10-11,17H,1,3-4,7,9,12,15-16H2. The number of carbonyl (C=O) groups excluding carboxylic acids is 1. The third-order valence-corrected chi connectivity index (χ3v) is 4.52. The number of benzene rings is 1. The van der Waals surface area contributed by atoms with Gasteiger partial charge in [0.1, 0.15) is 0 Å². The van der Waals surface area contributed by atoms with Gasteiger partial charge in [0.05, 0.1) is 5.70 Å². The van der Waals surface area contributed by atoms with Crippen molar-refractivity contribution in [2.24, 2.45) is 0 Å². The minimum absolute atomic E-state index is 0.783. The van der Waals surface area contributed by atoms with Gasteiger partial charge in [0.15, 0.2) is 0 Å². The molecule has 0 atom stereocenters. The van der Waals surface area contributed by atoms with Crippen molar-refractivity contribution in [2.75, 3.05) is 6.54 Å². The van der Waals surface area contributed by atoms with Gasteiger partial charge in [0.2, 0.25) is 6.41 Å². The molecule has 1 aliphatic heterocycles. The second-order valence-electron chi connectivity index (χ2n) is 6.24. The van der Waals surface area contributed by atoms with Gasteiger partial charge in [0, 0.05) is 6.54 Å². The largest absolute Gasteiger partial charge is 0.308 e. The number of hydrogen-bond donors (Lipinski definition) is 0. The van der Waals surface area contributed by atoms with Crippen LogP contribution in [0.5, 0.6) is 0 Å². The highest BCUT2D eigenvalue weighted by Gasteiger charge is 2.18. The molecule has 1 heterocycles. The minimum atomic E-state index is 0.783. The highest BCUT2D eigenvalue weighted by atomic mass is 16.1. The summed E-state index contributed by atoms with van der Waals surface area (Å²) >= 11 is 0. The van der Waals surface area contributed by atoms with E-state index >= 15 is 0 Å². The highest BCUT2D eigenvalue weighted by Crippen LogP contribution is 2.25. The Hall–Kier alpha value is -2.27. The molecule has 0 fully saturated rings. The number of hydrogen-bond acceptors (Lipinski definition) is 1. The fraction of sp³-hybridized carbons (Fsp3) is 0.381. The summed E-state index contributed by atoms with van der Waals surface area (Å²) in [4.78, 5) is 13.2. The van der Waals surface area contributed by atoms with Crippen LogP contribution in [0.15, 0.2) is 53.3 Å². The average molecular weight is 305 g/mol. The number of rotatable bonds is 3. The Bertz CT molecular complexity index is 673. The van der Waals surface area contributed by atoms with E-state index in [1.807, 2.05) is 6.07 Å². The molecule has 0 saturated heterocycles. The number of amides is 1. The lowest BCUT2D eigenvalue weighted by Crippen LogP contribution is -2.27. The Kier molecular flexibility index (Phi) is 5.32. The average Bonchev–Trinajstić information content (AvgIpc) is 2.62. The van der Waals surface area contributed by atoms with Gasteiger partial charge in [-0.3, -0.25) is 4.79 Å². The number of nitrogens with zero attached hydrogens (tertiary/aromatic N) is 1. The fourth-order valence-electron chi connectivity index (χ4n) is 3.27. The first-order valence-electron chi connectivity index (χ1n) is 8.56. The SMILES string of the molecule is O=CN1CCCC(Cc2ccccc2)=C1C#CC1=CCCCC1. The predicted molar refractivity (Wildman–Crippen MR) is 93.5 cm³/mol. The van der Waals surface area contributed by atoms with E-state index in [1.165, 1.54) is 29.6 Å². The quantitative estimate of drug-likeness (QED) is 0.604. The lowest BCUT2D eigenvalue weighted by atomic mass is 9.95. The van der Waals surface area contributed by atoms with Crippen LogP contribution in [0.1, 0.15) is 44.1 Å². The van der Waals surface area contributed by atoms with E-state index < -0.39 is 0 Å². The smallest absolute Gasteiger partial charge is 0.214 e. The molecule has 0 aromatic heterocycles. The lowest BCUT2D eigenvalue weighted by molar-refractivity contribution is -0.116. The maximum atomic E-state index is 11.4. The van der Waals surface area contributed by atoms with E-state index in [-0.39, 0.29) is 0 Å². The van der Waals surface area contributed by atoms with Crippen molar-refractivity contribution in [2.45, 2.75) is 44.9 Å². The van der Waals surface area contributed by atoms with E-state index in [0.717, 1.165) is 50.8 Å². The van der Waals surface area contributed by atoms with Crippen LogP contribution in [0.4, 0.5) is 0 Å². The van der Waals surface area contributed by atoms with Crippen molar-refractivity contribution in [1.82, 2.24) is 4.90 Å². The summed E-state index contributed by atoms with van der Waals surface area (Å²) in [5.41, 5.74) is 4.74. The number of allylic oxidation sites excluding steroid dienone is 4. The van der Waals surface area contributed by atoms with Crippen LogP contribution in [-0.2, 0) is 11.2 Å². The maximum Gasteiger partial charge on any atom is 0.214 e. The van der Waals surface area contributed by atoms with Crippen LogP contribution in [0, 0.1) is 11.8 Å². The van der Waals surface area contributed by atoms with Gasteiger partial charge in [-0.2, -0.15) is 0 Å². The number of carbonyl (C=O) groups is 1. The zero-order chi connectivity index (χ0) is 15.9. The first kappa shape index (κ1) is 15.6. The molecule has 1 aliphatic carbocycles. The Balaban J connectivity index is 1.89. The molecular weight excluding hydrogens is 282 g/mol. The van der Waals surface area contributed by atoms with Crippen molar-refractivity contribution in [3.05, 3.63) is 58.8 Å². The molecule has 0 bridgehead atoms. The van der Waals surface area contributed by atoms with Crippen molar-refractivity contribution < 1.29 is 4.79 Å². The van der Waals surface area contributed by atoms with E-state index in [0.29, 0.717) is 0 Å². The Morgan fingerprint density at radius 3 is 2.65 bits per heavy atom.